The second-order valence-electron chi connectivity index (χ2n) is 6.25. The number of ether oxygens (including phenoxy) is 1. The average molecular weight is 283 g/mol. The van der Waals surface area contributed by atoms with Crippen LogP contribution in [0.2, 0.25) is 0 Å². The Balaban J connectivity index is 1.66. The third kappa shape index (κ3) is 4.72. The highest BCUT2D eigenvalue weighted by Crippen LogP contribution is 2.38. The Kier molecular flexibility index (Phi) is 6.26. The van der Waals surface area contributed by atoms with E-state index in [2.05, 4.69) is 10.2 Å². The lowest BCUT2D eigenvalue weighted by molar-refractivity contribution is -0.124. The first kappa shape index (κ1) is 15.7. The van der Waals surface area contributed by atoms with Crippen LogP contribution in [0.25, 0.3) is 0 Å². The normalized spacial score (nSPS) is 23.4. The molecule has 1 heterocycles. The average Bonchev–Trinajstić information content (AvgIpc) is 2.49. The molecule has 1 aliphatic carbocycles. The largest absolute Gasteiger partial charge is 0.379 e. The summed E-state index contributed by atoms with van der Waals surface area (Å²) >= 11 is 0. The maximum Gasteiger partial charge on any atom is 0.220 e. The number of amides is 1. The van der Waals surface area contributed by atoms with Crippen molar-refractivity contribution in [3.63, 3.8) is 0 Å². The van der Waals surface area contributed by atoms with Gasteiger partial charge >= 0.3 is 0 Å². The Morgan fingerprint density at radius 3 is 2.55 bits per heavy atom. The minimum absolute atomic E-state index is 0.0707. The number of carbonyl (C=O) groups excluding carboxylic acids is 1. The highest BCUT2D eigenvalue weighted by molar-refractivity contribution is 5.76. The number of hydrogen-bond donors (Lipinski definition) is 2. The summed E-state index contributed by atoms with van der Waals surface area (Å²) in [4.78, 5) is 14.4. The first-order chi connectivity index (χ1) is 9.74. The molecule has 0 spiro atoms. The van der Waals surface area contributed by atoms with Gasteiger partial charge in [-0.2, -0.15) is 0 Å². The Hall–Kier alpha value is -0.650. The molecule has 2 aliphatic rings. The first-order valence-corrected chi connectivity index (χ1v) is 8.01. The van der Waals surface area contributed by atoms with Crippen molar-refractivity contribution in [2.24, 2.45) is 11.1 Å². The van der Waals surface area contributed by atoms with Gasteiger partial charge in [-0.05, 0) is 24.8 Å². The molecule has 0 unspecified atom stereocenters. The van der Waals surface area contributed by atoms with E-state index in [1.807, 2.05) is 0 Å². The van der Waals surface area contributed by atoms with Crippen molar-refractivity contribution in [1.29, 1.82) is 0 Å². The summed E-state index contributed by atoms with van der Waals surface area (Å²) in [5.41, 5.74) is 6.00. The molecule has 1 saturated heterocycles. The number of carbonyl (C=O) groups is 1. The van der Waals surface area contributed by atoms with Gasteiger partial charge in [0.1, 0.15) is 0 Å². The molecular weight excluding hydrogens is 254 g/mol. The number of nitrogens with two attached hydrogens (primary N) is 1. The fourth-order valence-corrected chi connectivity index (χ4v) is 3.34. The van der Waals surface area contributed by atoms with Gasteiger partial charge in [0, 0.05) is 32.6 Å². The lowest BCUT2D eigenvalue weighted by Gasteiger charge is -2.35. The van der Waals surface area contributed by atoms with E-state index in [1.165, 1.54) is 19.3 Å². The zero-order valence-electron chi connectivity index (χ0n) is 12.5. The molecule has 2 fully saturated rings. The van der Waals surface area contributed by atoms with E-state index < -0.39 is 0 Å². The summed E-state index contributed by atoms with van der Waals surface area (Å²) in [7, 11) is 0. The molecule has 0 radical (unpaired) electrons. The van der Waals surface area contributed by atoms with Crippen LogP contribution in [0.5, 0.6) is 0 Å². The van der Waals surface area contributed by atoms with Gasteiger partial charge in [-0.1, -0.05) is 19.3 Å². The minimum atomic E-state index is 0.0707. The van der Waals surface area contributed by atoms with E-state index in [9.17, 15) is 4.79 Å². The molecule has 0 aromatic carbocycles. The van der Waals surface area contributed by atoms with E-state index in [4.69, 9.17) is 10.5 Å². The van der Waals surface area contributed by atoms with Crippen molar-refractivity contribution < 1.29 is 9.53 Å². The van der Waals surface area contributed by atoms with Crippen LogP contribution in [-0.4, -0.2) is 56.7 Å². The Labute approximate surface area is 122 Å². The predicted octanol–water partition coefficient (Wildman–Crippen LogP) is 0.734. The SMILES string of the molecule is NCC1(CC(=O)NCCN2CCOCC2)CCCCC1. The summed E-state index contributed by atoms with van der Waals surface area (Å²) in [6.45, 7) is 5.87. The molecule has 0 aromatic rings. The van der Waals surface area contributed by atoms with Gasteiger partial charge in [-0.3, -0.25) is 9.69 Å². The maximum absolute atomic E-state index is 12.1. The van der Waals surface area contributed by atoms with E-state index in [0.29, 0.717) is 13.0 Å². The summed E-state index contributed by atoms with van der Waals surface area (Å²) in [5, 5.41) is 3.06. The van der Waals surface area contributed by atoms with Crippen LogP contribution in [0.15, 0.2) is 0 Å². The number of nitrogens with zero attached hydrogens (tertiary/aromatic N) is 1. The van der Waals surface area contributed by atoms with Crippen LogP contribution in [0.4, 0.5) is 0 Å². The summed E-state index contributed by atoms with van der Waals surface area (Å²) in [6.07, 6.45) is 6.56. The Bertz CT molecular complexity index is 297. The smallest absolute Gasteiger partial charge is 0.220 e. The molecule has 2 rings (SSSR count). The number of rotatable bonds is 6. The molecule has 0 bridgehead atoms. The van der Waals surface area contributed by atoms with Gasteiger partial charge in [0.15, 0.2) is 0 Å². The summed E-state index contributed by atoms with van der Waals surface area (Å²) in [5.74, 6) is 0.172. The minimum Gasteiger partial charge on any atom is -0.379 e. The van der Waals surface area contributed by atoms with E-state index in [1.54, 1.807) is 0 Å². The van der Waals surface area contributed by atoms with Gasteiger partial charge < -0.3 is 15.8 Å². The lowest BCUT2D eigenvalue weighted by atomic mass is 9.71. The van der Waals surface area contributed by atoms with Crippen LogP contribution >= 0.6 is 0 Å². The molecule has 3 N–H and O–H groups in total. The second kappa shape index (κ2) is 7.96. The monoisotopic (exact) mass is 283 g/mol. The molecule has 20 heavy (non-hydrogen) atoms. The van der Waals surface area contributed by atoms with Crippen LogP contribution in [0, 0.1) is 5.41 Å². The molecule has 5 heteroatoms. The van der Waals surface area contributed by atoms with Gasteiger partial charge in [0.25, 0.3) is 0 Å². The molecule has 0 atom stereocenters. The molecule has 116 valence electrons. The fraction of sp³-hybridized carbons (Fsp3) is 0.933. The Morgan fingerprint density at radius 2 is 1.90 bits per heavy atom. The third-order valence-electron chi connectivity index (χ3n) is 4.74. The van der Waals surface area contributed by atoms with E-state index in [-0.39, 0.29) is 11.3 Å². The van der Waals surface area contributed by atoms with Crippen molar-refractivity contribution >= 4 is 5.91 Å². The third-order valence-corrected chi connectivity index (χ3v) is 4.74. The van der Waals surface area contributed by atoms with E-state index in [0.717, 1.165) is 52.2 Å². The Morgan fingerprint density at radius 1 is 1.20 bits per heavy atom. The zero-order chi connectivity index (χ0) is 14.3. The number of nitrogens with one attached hydrogen (secondary N) is 1. The number of hydrogen-bond acceptors (Lipinski definition) is 4. The highest BCUT2D eigenvalue weighted by Gasteiger charge is 2.32. The molecular formula is C15H29N3O2. The van der Waals surface area contributed by atoms with Crippen LogP contribution < -0.4 is 11.1 Å². The predicted molar refractivity (Wildman–Crippen MR) is 79.5 cm³/mol. The standard InChI is InChI=1S/C15H29N3O2/c16-13-15(4-2-1-3-5-15)12-14(19)17-6-7-18-8-10-20-11-9-18/h1-13,16H2,(H,17,19). The van der Waals surface area contributed by atoms with Crippen LogP contribution in [0.3, 0.4) is 0 Å². The van der Waals surface area contributed by atoms with Crippen molar-refractivity contribution in [3.8, 4) is 0 Å². The summed E-state index contributed by atoms with van der Waals surface area (Å²) in [6, 6.07) is 0. The number of morpholine rings is 1. The lowest BCUT2D eigenvalue weighted by Crippen LogP contribution is -2.43. The van der Waals surface area contributed by atoms with Gasteiger partial charge in [-0.15, -0.1) is 0 Å². The highest BCUT2D eigenvalue weighted by atomic mass is 16.5. The van der Waals surface area contributed by atoms with Gasteiger partial charge in [0.05, 0.1) is 13.2 Å². The molecule has 0 aromatic heterocycles. The molecule has 1 amide bonds. The van der Waals surface area contributed by atoms with Crippen molar-refractivity contribution in [2.75, 3.05) is 45.9 Å². The molecule has 5 nitrogen and oxygen atoms in total. The maximum atomic E-state index is 12.1. The fourth-order valence-electron chi connectivity index (χ4n) is 3.34. The molecule has 1 saturated carbocycles. The zero-order valence-corrected chi connectivity index (χ0v) is 12.5. The summed E-state index contributed by atoms with van der Waals surface area (Å²) < 4.78 is 5.31. The first-order valence-electron chi connectivity index (χ1n) is 8.01. The van der Waals surface area contributed by atoms with E-state index >= 15 is 0 Å². The van der Waals surface area contributed by atoms with Crippen LogP contribution in [0.1, 0.15) is 38.5 Å². The van der Waals surface area contributed by atoms with Crippen LogP contribution in [-0.2, 0) is 9.53 Å². The second-order valence-corrected chi connectivity index (χ2v) is 6.25. The van der Waals surface area contributed by atoms with Crippen molar-refractivity contribution in [1.82, 2.24) is 10.2 Å². The van der Waals surface area contributed by atoms with Crippen molar-refractivity contribution in [2.45, 2.75) is 38.5 Å². The molecule has 1 aliphatic heterocycles. The van der Waals surface area contributed by atoms with Gasteiger partial charge in [0.2, 0.25) is 5.91 Å². The quantitative estimate of drug-likeness (QED) is 0.754. The van der Waals surface area contributed by atoms with Crippen molar-refractivity contribution in [3.05, 3.63) is 0 Å². The topological polar surface area (TPSA) is 67.6 Å². The van der Waals surface area contributed by atoms with Gasteiger partial charge in [-0.25, -0.2) is 0 Å².